The molecule has 2 aromatic heterocycles. The number of thioether (sulfide) groups is 1. The minimum atomic E-state index is -0.486. The number of aromatic nitrogens is 1. The van der Waals surface area contributed by atoms with E-state index in [1.54, 1.807) is 43.3 Å². The zero-order chi connectivity index (χ0) is 21.8. The molecule has 0 aliphatic heterocycles. The Morgan fingerprint density at radius 2 is 2.13 bits per heavy atom. The molecule has 0 amide bonds. The molecule has 0 saturated heterocycles. The third-order valence-corrected chi connectivity index (χ3v) is 6.58. The molecule has 0 bridgehead atoms. The number of carbonyl (C=O) groups excluding carboxylic acids is 1. The van der Waals surface area contributed by atoms with Gasteiger partial charge in [-0.2, -0.15) is 5.26 Å². The summed E-state index contributed by atoms with van der Waals surface area (Å²) in [7, 11) is 0. The number of rotatable bonds is 6. The van der Waals surface area contributed by atoms with E-state index in [0.29, 0.717) is 27.0 Å². The van der Waals surface area contributed by atoms with Crippen LogP contribution in [-0.2, 0) is 4.74 Å². The summed E-state index contributed by atoms with van der Waals surface area (Å²) in [5, 5.41) is 9.87. The van der Waals surface area contributed by atoms with Crippen LogP contribution in [-0.4, -0.2) is 17.6 Å². The fourth-order valence-electron chi connectivity index (χ4n) is 2.83. The van der Waals surface area contributed by atoms with E-state index in [2.05, 4.69) is 11.1 Å². The topological polar surface area (TPSA) is 76.1 Å². The second-order valence-corrected chi connectivity index (χ2v) is 9.01. The molecule has 31 heavy (non-hydrogen) atoms. The van der Waals surface area contributed by atoms with Gasteiger partial charge in [0.2, 0.25) is 0 Å². The van der Waals surface area contributed by atoms with Crippen LogP contribution in [0.2, 0.25) is 5.02 Å². The molecule has 4 aromatic rings. The number of hydrogen-bond acceptors (Lipinski definition) is 7. The van der Waals surface area contributed by atoms with Gasteiger partial charge in [-0.25, -0.2) is 9.78 Å². The summed E-state index contributed by atoms with van der Waals surface area (Å²) in [5.41, 5.74) is 1.87. The molecule has 0 atom stereocenters. The van der Waals surface area contributed by atoms with E-state index in [9.17, 15) is 10.1 Å². The van der Waals surface area contributed by atoms with Crippen molar-refractivity contribution in [1.82, 2.24) is 4.98 Å². The SMILES string of the molecule is CCOC(=O)c1cc(-c2ccc(/C=C(\C#N)Sc3nc4ccccc4s3)o2)ccc1Cl. The van der Waals surface area contributed by atoms with E-state index in [-0.39, 0.29) is 12.2 Å². The Bertz CT molecular complexity index is 1300. The Balaban J connectivity index is 1.57. The summed E-state index contributed by atoms with van der Waals surface area (Å²) >= 11 is 8.96. The van der Waals surface area contributed by atoms with Gasteiger partial charge in [-0.3, -0.25) is 0 Å². The molecule has 0 aliphatic rings. The van der Waals surface area contributed by atoms with Gasteiger partial charge in [-0.15, -0.1) is 11.3 Å². The largest absolute Gasteiger partial charge is 0.462 e. The maximum atomic E-state index is 12.1. The number of ether oxygens (including phenoxy) is 1. The number of hydrogen-bond donors (Lipinski definition) is 0. The molecular weight excluding hydrogens is 452 g/mol. The molecular formula is C23H15ClN2O3S2. The van der Waals surface area contributed by atoms with Crippen LogP contribution in [0.1, 0.15) is 23.0 Å². The number of fused-ring (bicyclic) bond motifs is 1. The average Bonchev–Trinajstić information content (AvgIpc) is 3.40. The van der Waals surface area contributed by atoms with Gasteiger partial charge in [-0.05, 0) is 61.2 Å². The number of nitriles is 1. The first-order valence-corrected chi connectivity index (χ1v) is 11.3. The number of para-hydroxylation sites is 1. The van der Waals surface area contributed by atoms with E-state index in [0.717, 1.165) is 14.6 Å². The predicted molar refractivity (Wildman–Crippen MR) is 124 cm³/mol. The summed E-state index contributed by atoms with van der Waals surface area (Å²) in [6.07, 6.45) is 1.67. The standard InChI is InChI=1S/C23H15ClN2O3S2/c1-2-28-22(27)17-11-14(7-9-18(17)24)20-10-8-15(29-20)12-16(13-25)30-23-26-19-5-3-4-6-21(19)31-23/h3-12H,2H2,1H3/b16-12+. The molecule has 8 heteroatoms. The van der Waals surface area contributed by atoms with E-state index in [1.807, 2.05) is 24.3 Å². The Morgan fingerprint density at radius 3 is 2.90 bits per heavy atom. The van der Waals surface area contributed by atoms with Crippen LogP contribution in [0.25, 0.3) is 27.6 Å². The summed E-state index contributed by atoms with van der Waals surface area (Å²) in [6, 6.07) is 18.6. The van der Waals surface area contributed by atoms with Crippen molar-refractivity contribution >= 4 is 57.0 Å². The summed E-state index contributed by atoms with van der Waals surface area (Å²) in [4.78, 5) is 17.1. The van der Waals surface area contributed by atoms with Crippen LogP contribution >= 0.6 is 34.7 Å². The zero-order valence-corrected chi connectivity index (χ0v) is 18.7. The molecule has 0 aliphatic carbocycles. The highest BCUT2D eigenvalue weighted by Crippen LogP contribution is 2.35. The molecule has 2 heterocycles. The van der Waals surface area contributed by atoms with Gasteiger partial charge in [0.15, 0.2) is 4.34 Å². The molecule has 0 radical (unpaired) electrons. The predicted octanol–water partition coefficient (Wildman–Crippen LogP) is 7.04. The second-order valence-electron chi connectivity index (χ2n) is 6.29. The highest BCUT2D eigenvalue weighted by atomic mass is 35.5. The summed E-state index contributed by atoms with van der Waals surface area (Å²) in [5.74, 6) is 0.587. The fraction of sp³-hybridized carbons (Fsp3) is 0.0870. The van der Waals surface area contributed by atoms with Crippen molar-refractivity contribution in [3.63, 3.8) is 0 Å². The van der Waals surface area contributed by atoms with E-state index >= 15 is 0 Å². The van der Waals surface area contributed by atoms with Gasteiger partial charge in [0.05, 0.1) is 32.3 Å². The average molecular weight is 467 g/mol. The number of allylic oxidation sites excluding steroid dienone is 1. The highest BCUT2D eigenvalue weighted by Gasteiger charge is 2.15. The van der Waals surface area contributed by atoms with Crippen molar-refractivity contribution in [2.75, 3.05) is 6.61 Å². The lowest BCUT2D eigenvalue weighted by Gasteiger charge is -2.05. The molecule has 4 rings (SSSR count). The number of thiazole rings is 1. The molecule has 0 unspecified atom stereocenters. The Labute approximate surface area is 191 Å². The molecule has 2 aromatic carbocycles. The van der Waals surface area contributed by atoms with Crippen LogP contribution in [0, 0.1) is 11.3 Å². The third kappa shape index (κ3) is 4.83. The van der Waals surface area contributed by atoms with Crippen LogP contribution < -0.4 is 0 Å². The van der Waals surface area contributed by atoms with Crippen molar-refractivity contribution in [3.05, 3.63) is 75.8 Å². The van der Waals surface area contributed by atoms with Crippen LogP contribution in [0.5, 0.6) is 0 Å². The smallest absolute Gasteiger partial charge is 0.339 e. The normalized spacial score (nSPS) is 11.5. The minimum absolute atomic E-state index is 0.262. The van der Waals surface area contributed by atoms with E-state index < -0.39 is 5.97 Å². The van der Waals surface area contributed by atoms with Crippen LogP contribution in [0.4, 0.5) is 0 Å². The number of nitrogens with zero attached hydrogens (tertiary/aromatic N) is 2. The summed E-state index contributed by atoms with van der Waals surface area (Å²) in [6.45, 7) is 2.00. The molecule has 0 fully saturated rings. The van der Waals surface area contributed by atoms with Crippen molar-refractivity contribution in [1.29, 1.82) is 5.26 Å². The number of carbonyl (C=O) groups is 1. The lowest BCUT2D eigenvalue weighted by molar-refractivity contribution is 0.0526. The quantitative estimate of drug-likeness (QED) is 0.172. The van der Waals surface area contributed by atoms with Gasteiger partial charge in [0.25, 0.3) is 0 Å². The monoisotopic (exact) mass is 466 g/mol. The molecule has 0 spiro atoms. The van der Waals surface area contributed by atoms with Crippen molar-refractivity contribution in [2.24, 2.45) is 0 Å². The number of furan rings is 1. The first-order chi connectivity index (χ1) is 15.1. The van der Waals surface area contributed by atoms with Crippen molar-refractivity contribution in [2.45, 2.75) is 11.3 Å². The van der Waals surface area contributed by atoms with Crippen molar-refractivity contribution < 1.29 is 13.9 Å². The fourth-order valence-corrected chi connectivity index (χ4v) is 4.98. The van der Waals surface area contributed by atoms with Gasteiger partial charge in [0, 0.05) is 11.6 Å². The van der Waals surface area contributed by atoms with Gasteiger partial charge in [0.1, 0.15) is 17.6 Å². The maximum Gasteiger partial charge on any atom is 0.339 e. The molecule has 0 N–H and O–H groups in total. The summed E-state index contributed by atoms with van der Waals surface area (Å²) < 4.78 is 12.8. The van der Waals surface area contributed by atoms with Gasteiger partial charge < -0.3 is 9.15 Å². The lowest BCUT2D eigenvalue weighted by Crippen LogP contribution is -2.05. The van der Waals surface area contributed by atoms with Crippen LogP contribution in [0.3, 0.4) is 0 Å². The minimum Gasteiger partial charge on any atom is -0.462 e. The maximum absolute atomic E-state index is 12.1. The Hall–Kier alpha value is -3.05. The third-order valence-electron chi connectivity index (χ3n) is 4.23. The van der Waals surface area contributed by atoms with Crippen molar-refractivity contribution in [3.8, 4) is 17.4 Å². The number of esters is 1. The Morgan fingerprint density at radius 1 is 1.29 bits per heavy atom. The molecule has 154 valence electrons. The number of benzene rings is 2. The first kappa shape index (κ1) is 21.2. The number of halogens is 1. The lowest BCUT2D eigenvalue weighted by atomic mass is 10.1. The highest BCUT2D eigenvalue weighted by molar-refractivity contribution is 8.05. The van der Waals surface area contributed by atoms with Gasteiger partial charge in [-0.1, -0.05) is 23.7 Å². The zero-order valence-electron chi connectivity index (χ0n) is 16.3. The molecule has 5 nitrogen and oxygen atoms in total. The molecule has 0 saturated carbocycles. The Kier molecular flexibility index (Phi) is 6.42. The van der Waals surface area contributed by atoms with E-state index in [4.69, 9.17) is 20.8 Å². The first-order valence-electron chi connectivity index (χ1n) is 9.29. The second kappa shape index (κ2) is 9.40. The van der Waals surface area contributed by atoms with E-state index in [1.165, 1.54) is 23.1 Å². The van der Waals surface area contributed by atoms with Gasteiger partial charge >= 0.3 is 5.97 Å². The van der Waals surface area contributed by atoms with Crippen LogP contribution in [0.15, 0.2) is 68.3 Å².